The van der Waals surface area contributed by atoms with Crippen LogP contribution in [0.5, 0.6) is 0 Å². The van der Waals surface area contributed by atoms with Crippen LogP contribution in [0.3, 0.4) is 0 Å². The number of nitrogens with zero attached hydrogens (tertiary/aromatic N) is 1. The Balaban J connectivity index is 2.03. The maximum Gasteiger partial charge on any atom is 0.0911 e. The molecule has 1 aliphatic heterocycles. The van der Waals surface area contributed by atoms with Crippen molar-refractivity contribution in [3.8, 4) is 0 Å². The number of rotatable bonds is 6. The Kier molecular flexibility index (Phi) is 5.45. The van der Waals surface area contributed by atoms with Gasteiger partial charge in [0.05, 0.1) is 26.7 Å². The van der Waals surface area contributed by atoms with Gasteiger partial charge in [-0.15, -0.1) is 0 Å². The standard InChI is InChI=1S/C11H26N3/c1-14(10-7-13-8-11-14)9-5-3-2-4-6-12/h13H,2-12H2,1H3/q+1. The quantitative estimate of drug-likeness (QED) is 0.485. The molecule has 0 atom stereocenters. The summed E-state index contributed by atoms with van der Waals surface area (Å²) < 4.78 is 1.27. The number of hydrogen-bond acceptors (Lipinski definition) is 2. The second kappa shape index (κ2) is 6.38. The molecule has 14 heavy (non-hydrogen) atoms. The SMILES string of the molecule is C[N+]1(CCCCCCN)CCNCC1. The molecule has 1 rings (SSSR count). The third kappa shape index (κ3) is 4.40. The molecule has 3 N–H and O–H groups in total. The zero-order chi connectivity index (χ0) is 10.3. The first-order valence-corrected chi connectivity index (χ1v) is 6.01. The number of nitrogens with one attached hydrogen (secondary N) is 1. The smallest absolute Gasteiger partial charge is 0.0911 e. The van der Waals surface area contributed by atoms with Gasteiger partial charge >= 0.3 is 0 Å². The van der Waals surface area contributed by atoms with E-state index in [9.17, 15) is 0 Å². The Bertz CT molecular complexity index is 141. The van der Waals surface area contributed by atoms with Crippen LogP contribution in [0.4, 0.5) is 0 Å². The van der Waals surface area contributed by atoms with E-state index in [2.05, 4.69) is 12.4 Å². The van der Waals surface area contributed by atoms with Gasteiger partial charge in [0, 0.05) is 13.1 Å². The van der Waals surface area contributed by atoms with Crippen molar-refractivity contribution in [3.05, 3.63) is 0 Å². The van der Waals surface area contributed by atoms with E-state index in [0.717, 1.165) is 6.54 Å². The van der Waals surface area contributed by atoms with Gasteiger partial charge in [-0.25, -0.2) is 0 Å². The number of piperazine rings is 1. The number of likely N-dealkylation sites (N-methyl/N-ethyl adjacent to an activating group) is 1. The van der Waals surface area contributed by atoms with Crippen LogP contribution in [0.15, 0.2) is 0 Å². The molecule has 0 radical (unpaired) electrons. The topological polar surface area (TPSA) is 38.0 Å². The molecule has 0 unspecified atom stereocenters. The van der Waals surface area contributed by atoms with Gasteiger partial charge < -0.3 is 15.5 Å². The molecule has 1 fully saturated rings. The summed E-state index contributed by atoms with van der Waals surface area (Å²) >= 11 is 0. The van der Waals surface area contributed by atoms with E-state index in [1.165, 1.54) is 62.9 Å². The predicted molar refractivity (Wildman–Crippen MR) is 61.2 cm³/mol. The Labute approximate surface area is 88.2 Å². The Morgan fingerprint density at radius 1 is 1.07 bits per heavy atom. The zero-order valence-electron chi connectivity index (χ0n) is 9.60. The third-order valence-corrected chi connectivity index (χ3v) is 3.31. The van der Waals surface area contributed by atoms with Crippen LogP contribution in [0.25, 0.3) is 0 Å². The van der Waals surface area contributed by atoms with E-state index in [-0.39, 0.29) is 0 Å². The summed E-state index contributed by atoms with van der Waals surface area (Å²) in [7, 11) is 2.39. The van der Waals surface area contributed by atoms with Crippen molar-refractivity contribution in [3.63, 3.8) is 0 Å². The minimum atomic E-state index is 0.857. The van der Waals surface area contributed by atoms with E-state index in [0.29, 0.717) is 0 Å². The van der Waals surface area contributed by atoms with Crippen LogP contribution in [0.1, 0.15) is 25.7 Å². The van der Waals surface area contributed by atoms with Gasteiger partial charge in [-0.2, -0.15) is 0 Å². The maximum atomic E-state index is 5.47. The first-order valence-electron chi connectivity index (χ1n) is 6.01. The van der Waals surface area contributed by atoms with Crippen LogP contribution in [0, 0.1) is 0 Å². The van der Waals surface area contributed by atoms with Gasteiger partial charge in [0.25, 0.3) is 0 Å². The summed E-state index contributed by atoms with van der Waals surface area (Å²) in [5, 5.41) is 3.42. The summed E-state index contributed by atoms with van der Waals surface area (Å²) in [5.41, 5.74) is 5.47. The third-order valence-electron chi connectivity index (χ3n) is 3.31. The highest BCUT2D eigenvalue weighted by molar-refractivity contribution is 4.55. The molecule has 0 aromatic heterocycles. The highest BCUT2D eigenvalue weighted by atomic mass is 15.4. The highest BCUT2D eigenvalue weighted by Crippen LogP contribution is 2.09. The molecule has 0 saturated carbocycles. The molecule has 0 amide bonds. The van der Waals surface area contributed by atoms with Gasteiger partial charge in [-0.05, 0) is 25.8 Å². The van der Waals surface area contributed by atoms with E-state index < -0.39 is 0 Å². The molecule has 1 saturated heterocycles. The fourth-order valence-corrected chi connectivity index (χ4v) is 2.15. The summed E-state index contributed by atoms with van der Waals surface area (Å²) in [6.45, 7) is 7.20. The lowest BCUT2D eigenvalue weighted by molar-refractivity contribution is -0.911. The molecular formula is C11H26N3+. The van der Waals surface area contributed by atoms with E-state index in [4.69, 9.17) is 5.73 Å². The van der Waals surface area contributed by atoms with Gasteiger partial charge in [-0.3, -0.25) is 0 Å². The summed E-state index contributed by atoms with van der Waals surface area (Å²) in [6.07, 6.45) is 5.25. The largest absolute Gasteiger partial charge is 0.330 e. The van der Waals surface area contributed by atoms with Crippen molar-refractivity contribution in [2.24, 2.45) is 5.73 Å². The Morgan fingerprint density at radius 2 is 1.71 bits per heavy atom. The average molecular weight is 200 g/mol. The van der Waals surface area contributed by atoms with Crippen molar-refractivity contribution in [2.45, 2.75) is 25.7 Å². The predicted octanol–water partition coefficient (Wildman–Crippen LogP) is 0.555. The summed E-state index contributed by atoms with van der Waals surface area (Å²) in [5.74, 6) is 0. The van der Waals surface area contributed by atoms with Gasteiger partial charge in [0.15, 0.2) is 0 Å². The molecule has 84 valence electrons. The molecular weight excluding hydrogens is 174 g/mol. The number of nitrogens with two attached hydrogens (primary N) is 1. The molecule has 1 heterocycles. The zero-order valence-corrected chi connectivity index (χ0v) is 9.60. The van der Waals surface area contributed by atoms with E-state index in [1.54, 1.807) is 0 Å². The minimum absolute atomic E-state index is 0.857. The fourth-order valence-electron chi connectivity index (χ4n) is 2.15. The maximum absolute atomic E-state index is 5.47. The first kappa shape index (κ1) is 12.0. The Hall–Kier alpha value is -0.120. The lowest BCUT2D eigenvalue weighted by Gasteiger charge is -2.38. The van der Waals surface area contributed by atoms with E-state index >= 15 is 0 Å². The molecule has 0 aromatic carbocycles. The molecule has 3 nitrogen and oxygen atoms in total. The molecule has 3 heteroatoms. The minimum Gasteiger partial charge on any atom is -0.330 e. The van der Waals surface area contributed by atoms with Gasteiger partial charge in [0.2, 0.25) is 0 Å². The fraction of sp³-hybridized carbons (Fsp3) is 1.00. The molecule has 0 bridgehead atoms. The van der Waals surface area contributed by atoms with Crippen LogP contribution >= 0.6 is 0 Å². The summed E-state index contributed by atoms with van der Waals surface area (Å²) in [6, 6.07) is 0. The normalized spacial score (nSPS) is 21.0. The van der Waals surface area contributed by atoms with Gasteiger partial charge in [-0.1, -0.05) is 6.42 Å². The van der Waals surface area contributed by atoms with Crippen molar-refractivity contribution >= 4 is 0 Å². The van der Waals surface area contributed by atoms with Crippen LogP contribution in [0.2, 0.25) is 0 Å². The van der Waals surface area contributed by atoms with Crippen LogP contribution in [-0.2, 0) is 0 Å². The van der Waals surface area contributed by atoms with Crippen molar-refractivity contribution in [1.29, 1.82) is 0 Å². The lowest BCUT2D eigenvalue weighted by atomic mass is 10.1. The van der Waals surface area contributed by atoms with Gasteiger partial charge in [0.1, 0.15) is 0 Å². The van der Waals surface area contributed by atoms with E-state index in [1.807, 2.05) is 0 Å². The summed E-state index contributed by atoms with van der Waals surface area (Å²) in [4.78, 5) is 0. The highest BCUT2D eigenvalue weighted by Gasteiger charge is 2.23. The molecule has 1 aliphatic rings. The monoisotopic (exact) mass is 200 g/mol. The van der Waals surface area contributed by atoms with Crippen molar-refractivity contribution < 1.29 is 4.48 Å². The van der Waals surface area contributed by atoms with Crippen molar-refractivity contribution in [1.82, 2.24) is 5.32 Å². The molecule has 0 aliphatic carbocycles. The van der Waals surface area contributed by atoms with Crippen LogP contribution < -0.4 is 11.1 Å². The molecule has 0 aromatic rings. The first-order chi connectivity index (χ1) is 6.77. The second-order valence-electron chi connectivity index (χ2n) is 4.74. The number of hydrogen-bond donors (Lipinski definition) is 2. The average Bonchev–Trinajstić information content (AvgIpc) is 2.18. The Morgan fingerprint density at radius 3 is 2.36 bits per heavy atom. The molecule has 0 spiro atoms. The van der Waals surface area contributed by atoms with Crippen molar-refractivity contribution in [2.75, 3.05) is 46.3 Å². The van der Waals surface area contributed by atoms with Crippen LogP contribution in [-0.4, -0.2) is 50.8 Å². The number of quaternary nitrogens is 1. The number of unbranched alkanes of at least 4 members (excludes halogenated alkanes) is 3. The lowest BCUT2D eigenvalue weighted by Crippen LogP contribution is -2.56. The second-order valence-corrected chi connectivity index (χ2v) is 4.74.